The van der Waals surface area contributed by atoms with Gasteiger partial charge in [0.25, 0.3) is 0 Å². The van der Waals surface area contributed by atoms with Crippen LogP contribution in [0.15, 0.2) is 30.3 Å². The predicted molar refractivity (Wildman–Crippen MR) is 55.1 cm³/mol. The average molecular weight is 203 g/mol. The van der Waals surface area contributed by atoms with Crippen molar-refractivity contribution in [1.29, 1.82) is 0 Å². The smallest absolute Gasteiger partial charge is 0.223 e. The molecule has 1 aromatic rings. The van der Waals surface area contributed by atoms with Crippen molar-refractivity contribution in [3.63, 3.8) is 0 Å². The molecular weight excluding hydrogens is 190 g/mol. The molecular formula is C12H13NO2. The molecule has 3 nitrogen and oxygen atoms in total. The molecule has 1 N–H and O–H groups in total. The van der Waals surface area contributed by atoms with Gasteiger partial charge in [-0.1, -0.05) is 30.3 Å². The number of fused-ring (bicyclic) bond motifs is 1. The van der Waals surface area contributed by atoms with Crippen molar-refractivity contribution in [2.45, 2.75) is 24.5 Å². The van der Waals surface area contributed by atoms with Crippen molar-refractivity contribution < 1.29 is 9.90 Å². The number of carbonyl (C=O) groups excluding carboxylic acids is 1. The summed E-state index contributed by atoms with van der Waals surface area (Å²) in [6.07, 6.45) is 1.37. The Morgan fingerprint density at radius 3 is 2.73 bits per heavy atom. The Bertz CT molecular complexity index is 403. The van der Waals surface area contributed by atoms with Crippen LogP contribution in [-0.2, 0) is 10.4 Å². The first-order chi connectivity index (χ1) is 7.22. The Kier molecular flexibility index (Phi) is 1.68. The summed E-state index contributed by atoms with van der Waals surface area (Å²) in [6, 6.07) is 9.65. The maximum atomic E-state index is 11.4. The second kappa shape index (κ2) is 2.83. The molecule has 0 unspecified atom stereocenters. The number of rotatable bonds is 1. The quantitative estimate of drug-likeness (QED) is 0.736. The number of carbonyl (C=O) groups is 1. The summed E-state index contributed by atoms with van der Waals surface area (Å²) in [5, 5.41) is 10.5. The second-order valence-corrected chi connectivity index (χ2v) is 4.37. The maximum Gasteiger partial charge on any atom is 0.223 e. The van der Waals surface area contributed by atoms with Crippen LogP contribution in [0.25, 0.3) is 0 Å². The van der Waals surface area contributed by atoms with Crippen LogP contribution in [0.1, 0.15) is 18.4 Å². The number of amides is 1. The van der Waals surface area contributed by atoms with Crippen LogP contribution in [0.2, 0.25) is 0 Å². The molecule has 0 spiro atoms. The van der Waals surface area contributed by atoms with E-state index in [1.807, 2.05) is 30.3 Å². The largest absolute Gasteiger partial charge is 0.381 e. The molecule has 2 aliphatic rings. The second-order valence-electron chi connectivity index (χ2n) is 4.37. The van der Waals surface area contributed by atoms with E-state index in [1.54, 1.807) is 4.90 Å². The van der Waals surface area contributed by atoms with Gasteiger partial charge in [-0.15, -0.1) is 0 Å². The van der Waals surface area contributed by atoms with Crippen LogP contribution < -0.4 is 0 Å². The molecule has 0 saturated carbocycles. The SMILES string of the molecule is O=C1CC[C@H]2N1C[C@]2(O)c1ccccc1. The third-order valence-corrected chi connectivity index (χ3v) is 3.56. The van der Waals surface area contributed by atoms with E-state index in [0.717, 1.165) is 12.0 Å². The van der Waals surface area contributed by atoms with Crippen molar-refractivity contribution in [3.05, 3.63) is 35.9 Å². The van der Waals surface area contributed by atoms with E-state index in [1.165, 1.54) is 0 Å². The highest BCUT2D eigenvalue weighted by Gasteiger charge is 2.57. The lowest BCUT2D eigenvalue weighted by Gasteiger charge is -2.51. The van der Waals surface area contributed by atoms with Gasteiger partial charge in [0.2, 0.25) is 5.91 Å². The van der Waals surface area contributed by atoms with E-state index in [2.05, 4.69) is 0 Å². The molecule has 1 amide bonds. The van der Waals surface area contributed by atoms with Crippen LogP contribution in [-0.4, -0.2) is 28.5 Å². The minimum Gasteiger partial charge on any atom is -0.381 e. The summed E-state index contributed by atoms with van der Waals surface area (Å²) < 4.78 is 0. The molecule has 0 aromatic heterocycles. The van der Waals surface area contributed by atoms with Gasteiger partial charge in [-0.05, 0) is 12.0 Å². The van der Waals surface area contributed by atoms with E-state index in [4.69, 9.17) is 0 Å². The van der Waals surface area contributed by atoms with Crippen LogP contribution in [0.5, 0.6) is 0 Å². The standard InChI is InChI=1S/C12H13NO2/c14-11-7-6-10-12(15,8-13(10)11)9-4-2-1-3-5-9/h1-5,10,15H,6-8H2/t10-,12+/m1/s1. The fourth-order valence-corrected chi connectivity index (χ4v) is 2.69. The number of aliphatic hydroxyl groups is 1. The molecule has 3 rings (SSSR count). The van der Waals surface area contributed by atoms with Crippen molar-refractivity contribution in [1.82, 2.24) is 4.90 Å². The highest BCUT2D eigenvalue weighted by atomic mass is 16.3. The number of hydrogen-bond acceptors (Lipinski definition) is 2. The Labute approximate surface area is 88.3 Å². The third kappa shape index (κ3) is 1.07. The normalized spacial score (nSPS) is 33.8. The molecule has 0 radical (unpaired) electrons. The van der Waals surface area contributed by atoms with Gasteiger partial charge in [0.05, 0.1) is 12.6 Å². The summed E-state index contributed by atoms with van der Waals surface area (Å²) in [5.74, 6) is 0.181. The van der Waals surface area contributed by atoms with Gasteiger partial charge in [0.15, 0.2) is 0 Å². The van der Waals surface area contributed by atoms with Crippen molar-refractivity contribution in [2.24, 2.45) is 0 Å². The number of benzene rings is 1. The van der Waals surface area contributed by atoms with Crippen LogP contribution in [0, 0.1) is 0 Å². The predicted octanol–water partition coefficient (Wildman–Crippen LogP) is 0.879. The van der Waals surface area contributed by atoms with Crippen molar-refractivity contribution >= 4 is 5.91 Å². The molecule has 2 saturated heterocycles. The Morgan fingerprint density at radius 2 is 2.07 bits per heavy atom. The molecule has 2 atom stereocenters. The zero-order valence-corrected chi connectivity index (χ0v) is 8.39. The molecule has 78 valence electrons. The molecule has 1 aromatic carbocycles. The van der Waals surface area contributed by atoms with Gasteiger partial charge in [-0.3, -0.25) is 4.79 Å². The molecule has 2 fully saturated rings. The van der Waals surface area contributed by atoms with Gasteiger partial charge >= 0.3 is 0 Å². The summed E-state index contributed by atoms with van der Waals surface area (Å²) in [7, 11) is 0. The minimum absolute atomic E-state index is 0.00685. The highest BCUT2D eigenvalue weighted by Crippen LogP contribution is 2.44. The first-order valence-electron chi connectivity index (χ1n) is 5.29. The molecule has 15 heavy (non-hydrogen) atoms. The lowest BCUT2D eigenvalue weighted by atomic mass is 9.78. The van der Waals surface area contributed by atoms with Crippen molar-refractivity contribution in [2.75, 3.05) is 6.54 Å². The van der Waals surface area contributed by atoms with E-state index < -0.39 is 5.60 Å². The monoisotopic (exact) mass is 203 g/mol. The zero-order chi connectivity index (χ0) is 10.5. The Balaban J connectivity index is 1.92. The third-order valence-electron chi connectivity index (χ3n) is 3.56. The van der Waals surface area contributed by atoms with E-state index in [9.17, 15) is 9.90 Å². The summed E-state index contributed by atoms with van der Waals surface area (Å²) in [4.78, 5) is 13.2. The van der Waals surface area contributed by atoms with Crippen molar-refractivity contribution in [3.8, 4) is 0 Å². The molecule has 0 bridgehead atoms. The summed E-state index contributed by atoms with van der Waals surface area (Å²) in [5.41, 5.74) is 0.133. The van der Waals surface area contributed by atoms with E-state index in [0.29, 0.717) is 13.0 Å². The van der Waals surface area contributed by atoms with Gasteiger partial charge in [0, 0.05) is 6.42 Å². The summed E-state index contributed by atoms with van der Waals surface area (Å²) >= 11 is 0. The van der Waals surface area contributed by atoms with Gasteiger partial charge in [0.1, 0.15) is 5.60 Å². The molecule has 2 aliphatic heterocycles. The van der Waals surface area contributed by atoms with Gasteiger partial charge in [-0.2, -0.15) is 0 Å². The van der Waals surface area contributed by atoms with Crippen LogP contribution in [0.3, 0.4) is 0 Å². The highest BCUT2D eigenvalue weighted by molar-refractivity contribution is 5.80. The fraction of sp³-hybridized carbons (Fsp3) is 0.417. The zero-order valence-electron chi connectivity index (χ0n) is 8.39. The van der Waals surface area contributed by atoms with Gasteiger partial charge < -0.3 is 10.0 Å². The van der Waals surface area contributed by atoms with Gasteiger partial charge in [-0.25, -0.2) is 0 Å². The lowest BCUT2D eigenvalue weighted by Crippen LogP contribution is -2.65. The van der Waals surface area contributed by atoms with E-state index in [-0.39, 0.29) is 11.9 Å². The van der Waals surface area contributed by atoms with Crippen LogP contribution in [0.4, 0.5) is 0 Å². The number of hydrogen-bond donors (Lipinski definition) is 1. The lowest BCUT2D eigenvalue weighted by molar-refractivity contribution is -0.166. The summed E-state index contributed by atoms with van der Waals surface area (Å²) in [6.45, 7) is 0.459. The minimum atomic E-state index is -0.798. The fourth-order valence-electron chi connectivity index (χ4n) is 2.69. The first kappa shape index (κ1) is 8.92. The Morgan fingerprint density at radius 1 is 1.33 bits per heavy atom. The van der Waals surface area contributed by atoms with E-state index >= 15 is 0 Å². The average Bonchev–Trinajstić information content (AvgIpc) is 2.56. The molecule has 3 heteroatoms. The maximum absolute atomic E-state index is 11.4. The number of nitrogens with zero attached hydrogens (tertiary/aromatic N) is 1. The molecule has 2 heterocycles. The first-order valence-corrected chi connectivity index (χ1v) is 5.29. The van der Waals surface area contributed by atoms with Crippen LogP contribution >= 0.6 is 0 Å². The topological polar surface area (TPSA) is 40.5 Å². The Hall–Kier alpha value is -1.35. The molecule has 0 aliphatic carbocycles.